The molecule has 0 radical (unpaired) electrons. The van der Waals surface area contributed by atoms with Crippen molar-refractivity contribution in [1.82, 2.24) is 9.80 Å². The van der Waals surface area contributed by atoms with E-state index in [2.05, 4.69) is 47.4 Å². The molecule has 0 spiro atoms. The molecule has 168 valence electrons. The molecule has 0 aliphatic carbocycles. The van der Waals surface area contributed by atoms with Crippen molar-refractivity contribution in [2.24, 2.45) is 5.92 Å². The Bertz CT molecular complexity index is 980. The number of rotatable bonds is 4. The van der Waals surface area contributed by atoms with E-state index in [-0.39, 0.29) is 5.91 Å². The number of hydrogen-bond acceptors (Lipinski definition) is 3. The molecule has 1 saturated heterocycles. The van der Waals surface area contributed by atoms with Crippen LogP contribution in [0.25, 0.3) is 0 Å². The van der Waals surface area contributed by atoms with Crippen LogP contribution in [-0.2, 0) is 29.0 Å². The fourth-order valence-electron chi connectivity index (χ4n) is 5.50. The molecule has 2 aromatic rings. The molecule has 2 amide bonds. The molecule has 1 fully saturated rings. The number of benzene rings is 2. The van der Waals surface area contributed by atoms with Crippen LogP contribution in [0.5, 0.6) is 0 Å². The van der Waals surface area contributed by atoms with E-state index in [9.17, 15) is 9.59 Å². The minimum atomic E-state index is 0.207. The van der Waals surface area contributed by atoms with Crippen molar-refractivity contribution in [1.29, 1.82) is 0 Å². The van der Waals surface area contributed by atoms with Gasteiger partial charge >= 0.3 is 0 Å². The first kappa shape index (κ1) is 21.2. The van der Waals surface area contributed by atoms with E-state index in [4.69, 9.17) is 0 Å². The van der Waals surface area contributed by atoms with Crippen molar-refractivity contribution in [3.63, 3.8) is 0 Å². The van der Waals surface area contributed by atoms with Crippen LogP contribution in [0.15, 0.2) is 48.5 Å². The molecule has 5 rings (SSSR count). The van der Waals surface area contributed by atoms with Crippen LogP contribution in [0.3, 0.4) is 0 Å². The Labute approximate surface area is 191 Å². The molecule has 0 aromatic heterocycles. The Balaban J connectivity index is 1.10. The van der Waals surface area contributed by atoms with Gasteiger partial charge in [0, 0.05) is 31.7 Å². The minimum absolute atomic E-state index is 0.207. The van der Waals surface area contributed by atoms with E-state index in [1.54, 1.807) is 0 Å². The summed E-state index contributed by atoms with van der Waals surface area (Å²) in [4.78, 5) is 32.2. The third-order valence-corrected chi connectivity index (χ3v) is 7.42. The maximum atomic E-state index is 13.0. The number of anilines is 1. The maximum Gasteiger partial charge on any atom is 0.241 e. The van der Waals surface area contributed by atoms with Crippen molar-refractivity contribution in [3.8, 4) is 0 Å². The van der Waals surface area contributed by atoms with Gasteiger partial charge in [-0.15, -0.1) is 0 Å². The van der Waals surface area contributed by atoms with E-state index in [1.807, 2.05) is 15.9 Å². The lowest BCUT2D eigenvalue weighted by molar-refractivity contribution is -0.133. The third kappa shape index (κ3) is 4.58. The van der Waals surface area contributed by atoms with Crippen LogP contribution in [0, 0.1) is 5.92 Å². The molecule has 0 bridgehead atoms. The summed E-state index contributed by atoms with van der Waals surface area (Å²) in [7, 11) is 0. The summed E-state index contributed by atoms with van der Waals surface area (Å²) in [5, 5.41) is 0. The average Bonchev–Trinajstić information content (AvgIpc) is 2.84. The second kappa shape index (κ2) is 9.45. The second-order valence-corrected chi connectivity index (χ2v) is 9.54. The van der Waals surface area contributed by atoms with Crippen LogP contribution >= 0.6 is 0 Å². The van der Waals surface area contributed by atoms with Crippen LogP contribution in [0.1, 0.15) is 42.4 Å². The van der Waals surface area contributed by atoms with Crippen LogP contribution in [-0.4, -0.2) is 54.3 Å². The summed E-state index contributed by atoms with van der Waals surface area (Å²) in [6.45, 7) is 4.70. The molecule has 5 heteroatoms. The van der Waals surface area contributed by atoms with Crippen LogP contribution < -0.4 is 4.90 Å². The number of piperidine rings is 1. The highest BCUT2D eigenvalue weighted by molar-refractivity contribution is 5.96. The van der Waals surface area contributed by atoms with Gasteiger partial charge in [0.15, 0.2) is 0 Å². The van der Waals surface area contributed by atoms with E-state index in [1.165, 1.54) is 16.7 Å². The highest BCUT2D eigenvalue weighted by atomic mass is 16.2. The molecule has 0 saturated carbocycles. The van der Waals surface area contributed by atoms with Gasteiger partial charge in [-0.1, -0.05) is 42.5 Å². The van der Waals surface area contributed by atoms with Gasteiger partial charge in [0.25, 0.3) is 0 Å². The number of aryl methyl sites for hydroxylation is 1. The molecule has 3 aliphatic rings. The van der Waals surface area contributed by atoms with Crippen molar-refractivity contribution in [3.05, 3.63) is 65.2 Å². The normalized spacial score (nSPS) is 19.4. The van der Waals surface area contributed by atoms with E-state index >= 15 is 0 Å². The molecule has 2 aromatic carbocycles. The Hall–Kier alpha value is -2.66. The van der Waals surface area contributed by atoms with Crippen molar-refractivity contribution < 1.29 is 9.59 Å². The largest absolute Gasteiger partial charge is 0.338 e. The first-order valence-corrected chi connectivity index (χ1v) is 12.1. The smallest absolute Gasteiger partial charge is 0.241 e. The molecule has 32 heavy (non-hydrogen) atoms. The van der Waals surface area contributed by atoms with Crippen molar-refractivity contribution in [2.45, 2.75) is 45.1 Å². The standard InChI is InChI=1S/C27H33N3O2/c31-26(29-17-13-22-6-1-2-8-24(22)19-29)18-21-11-15-28(16-12-21)20-27(32)30-14-5-9-23-7-3-4-10-25(23)30/h1-4,6-8,10,21H,5,9,11-20H2. The van der Waals surface area contributed by atoms with E-state index < -0.39 is 0 Å². The monoisotopic (exact) mass is 431 g/mol. The third-order valence-electron chi connectivity index (χ3n) is 7.42. The van der Waals surface area contributed by atoms with E-state index in [0.29, 0.717) is 24.8 Å². The zero-order valence-corrected chi connectivity index (χ0v) is 18.8. The van der Waals surface area contributed by atoms with Gasteiger partial charge in [-0.25, -0.2) is 0 Å². The fraction of sp³-hybridized carbons (Fsp3) is 0.481. The van der Waals surface area contributed by atoms with Crippen molar-refractivity contribution in [2.75, 3.05) is 37.6 Å². The molecule has 3 heterocycles. The lowest BCUT2D eigenvalue weighted by Crippen LogP contribution is -2.45. The molecular weight excluding hydrogens is 398 g/mol. The molecule has 0 atom stereocenters. The number of fused-ring (bicyclic) bond motifs is 2. The van der Waals surface area contributed by atoms with Gasteiger partial charge < -0.3 is 9.80 Å². The Morgan fingerprint density at radius 3 is 2.31 bits per heavy atom. The SMILES string of the molecule is O=C(CC1CCN(CC(=O)N2CCCc3ccccc32)CC1)N1CCc2ccccc2C1. The van der Waals surface area contributed by atoms with Gasteiger partial charge in [0.2, 0.25) is 11.8 Å². The lowest BCUT2D eigenvalue weighted by atomic mass is 9.92. The molecule has 5 nitrogen and oxygen atoms in total. The molecule has 0 unspecified atom stereocenters. The zero-order valence-electron chi connectivity index (χ0n) is 18.8. The summed E-state index contributed by atoms with van der Waals surface area (Å²) in [6, 6.07) is 16.8. The van der Waals surface area contributed by atoms with Crippen LogP contribution in [0.4, 0.5) is 5.69 Å². The maximum absolute atomic E-state index is 13.0. The fourth-order valence-corrected chi connectivity index (χ4v) is 5.50. The predicted molar refractivity (Wildman–Crippen MR) is 126 cm³/mol. The summed E-state index contributed by atoms with van der Waals surface area (Å²) in [5.41, 5.74) is 5.04. The molecule has 0 N–H and O–H groups in total. The lowest BCUT2D eigenvalue weighted by Gasteiger charge is -2.35. The molecule has 3 aliphatic heterocycles. The molecular formula is C27H33N3O2. The van der Waals surface area contributed by atoms with Gasteiger partial charge in [0.05, 0.1) is 6.54 Å². The Kier molecular flexibility index (Phi) is 6.26. The number of nitrogens with zero attached hydrogens (tertiary/aromatic N) is 3. The first-order valence-electron chi connectivity index (χ1n) is 12.1. The first-order chi connectivity index (χ1) is 15.7. The average molecular weight is 432 g/mol. The van der Waals surface area contributed by atoms with E-state index in [0.717, 1.165) is 70.5 Å². The van der Waals surface area contributed by atoms with Crippen molar-refractivity contribution >= 4 is 17.5 Å². The Morgan fingerprint density at radius 1 is 0.781 bits per heavy atom. The number of carbonyl (C=O) groups excluding carboxylic acids is 2. The van der Waals surface area contributed by atoms with Gasteiger partial charge in [-0.05, 0) is 73.9 Å². The van der Waals surface area contributed by atoms with Crippen LogP contribution in [0.2, 0.25) is 0 Å². The summed E-state index contributed by atoms with van der Waals surface area (Å²) < 4.78 is 0. The minimum Gasteiger partial charge on any atom is -0.338 e. The predicted octanol–water partition coefficient (Wildman–Crippen LogP) is 3.65. The zero-order chi connectivity index (χ0) is 21.9. The number of carbonyl (C=O) groups is 2. The number of amides is 2. The van der Waals surface area contributed by atoms with Gasteiger partial charge in [-0.3, -0.25) is 14.5 Å². The highest BCUT2D eigenvalue weighted by Gasteiger charge is 2.28. The number of para-hydroxylation sites is 1. The number of likely N-dealkylation sites (tertiary alicyclic amines) is 1. The summed E-state index contributed by atoms with van der Waals surface area (Å²) >= 11 is 0. The summed E-state index contributed by atoms with van der Waals surface area (Å²) in [5.74, 6) is 0.930. The van der Waals surface area contributed by atoms with Gasteiger partial charge in [-0.2, -0.15) is 0 Å². The van der Waals surface area contributed by atoms with Gasteiger partial charge in [0.1, 0.15) is 0 Å². The second-order valence-electron chi connectivity index (χ2n) is 9.54. The topological polar surface area (TPSA) is 43.9 Å². The summed E-state index contributed by atoms with van der Waals surface area (Å²) in [6.07, 6.45) is 5.70. The quantitative estimate of drug-likeness (QED) is 0.742. The Morgan fingerprint density at radius 2 is 1.50 bits per heavy atom. The highest BCUT2D eigenvalue weighted by Crippen LogP contribution is 2.28. The number of hydrogen-bond donors (Lipinski definition) is 0.